The van der Waals surface area contributed by atoms with Crippen molar-refractivity contribution in [3.63, 3.8) is 0 Å². The molecule has 0 aliphatic heterocycles. The van der Waals surface area contributed by atoms with Crippen molar-refractivity contribution in [2.24, 2.45) is 0 Å². The topological polar surface area (TPSA) is 106 Å². The molecule has 0 spiro atoms. The fourth-order valence-corrected chi connectivity index (χ4v) is 1.97. The lowest BCUT2D eigenvalue weighted by Crippen LogP contribution is -2.23. The zero-order valence-corrected chi connectivity index (χ0v) is 12.2. The van der Waals surface area contributed by atoms with E-state index in [2.05, 4.69) is 9.97 Å². The molecule has 0 aliphatic carbocycles. The van der Waals surface area contributed by atoms with Crippen LogP contribution in [0.5, 0.6) is 5.75 Å². The highest BCUT2D eigenvalue weighted by Gasteiger charge is 2.14. The minimum Gasteiger partial charge on any atom is -0.487 e. The Morgan fingerprint density at radius 1 is 1.24 bits per heavy atom. The van der Waals surface area contributed by atoms with Crippen LogP contribution in [0.1, 0.15) is 13.3 Å². The van der Waals surface area contributed by atoms with Crippen LogP contribution in [0.2, 0.25) is 0 Å². The number of nitrogen functional groups attached to an aromatic ring is 2. The quantitative estimate of drug-likeness (QED) is 0.589. The number of hydrogen-bond donors (Lipinski definition) is 2. The molecule has 4 N–H and O–H groups in total. The number of hydrogen-bond acceptors (Lipinski definition) is 7. The van der Waals surface area contributed by atoms with Crippen molar-refractivity contribution in [3.8, 4) is 5.75 Å². The highest BCUT2D eigenvalue weighted by atomic mass is 16.7. The molecule has 1 aromatic heterocycles. The Balaban J connectivity index is 2.25. The summed E-state index contributed by atoms with van der Waals surface area (Å²) in [4.78, 5) is 8.15. The van der Waals surface area contributed by atoms with Crippen LogP contribution >= 0.6 is 0 Å². The van der Waals surface area contributed by atoms with Gasteiger partial charge in [-0.2, -0.15) is 4.98 Å². The molecule has 7 nitrogen and oxygen atoms in total. The van der Waals surface area contributed by atoms with E-state index in [1.165, 1.54) is 0 Å². The van der Waals surface area contributed by atoms with E-state index >= 15 is 0 Å². The first-order valence-corrected chi connectivity index (χ1v) is 6.70. The molecular formula is C14H20N4O3. The van der Waals surface area contributed by atoms with Crippen molar-refractivity contribution in [3.05, 3.63) is 18.2 Å². The van der Waals surface area contributed by atoms with Crippen molar-refractivity contribution < 1.29 is 14.2 Å². The molecule has 0 fully saturated rings. The summed E-state index contributed by atoms with van der Waals surface area (Å²) in [6, 6.07) is 5.49. The number of aromatic nitrogens is 2. The van der Waals surface area contributed by atoms with Crippen molar-refractivity contribution in [2.45, 2.75) is 19.4 Å². The SMILES string of the molecule is CCC(COCOC)Oc1cccc2nc(N)nc(N)c12. The Hall–Kier alpha value is -2.12. The maximum atomic E-state index is 5.96. The van der Waals surface area contributed by atoms with Gasteiger partial charge >= 0.3 is 0 Å². The number of benzene rings is 1. The van der Waals surface area contributed by atoms with Gasteiger partial charge in [-0.1, -0.05) is 13.0 Å². The Labute approximate surface area is 123 Å². The Morgan fingerprint density at radius 3 is 2.76 bits per heavy atom. The monoisotopic (exact) mass is 292 g/mol. The first-order chi connectivity index (χ1) is 10.2. The number of nitrogens with zero attached hydrogens (tertiary/aromatic N) is 2. The van der Waals surface area contributed by atoms with Gasteiger partial charge in [0.25, 0.3) is 0 Å². The van der Waals surface area contributed by atoms with E-state index in [1.54, 1.807) is 7.11 Å². The van der Waals surface area contributed by atoms with Gasteiger partial charge < -0.3 is 25.7 Å². The third-order valence-electron chi connectivity index (χ3n) is 2.98. The van der Waals surface area contributed by atoms with Crippen LogP contribution in [0.3, 0.4) is 0 Å². The van der Waals surface area contributed by atoms with Gasteiger partial charge in [0, 0.05) is 7.11 Å². The zero-order valence-electron chi connectivity index (χ0n) is 12.2. The Kier molecular flexibility index (Phi) is 5.13. The second kappa shape index (κ2) is 7.05. The number of methoxy groups -OCH3 is 1. The third kappa shape index (κ3) is 3.71. The maximum Gasteiger partial charge on any atom is 0.222 e. The molecule has 114 valence electrons. The highest BCUT2D eigenvalue weighted by molar-refractivity contribution is 5.94. The number of ether oxygens (including phenoxy) is 3. The van der Waals surface area contributed by atoms with Gasteiger partial charge in [-0.05, 0) is 18.6 Å². The van der Waals surface area contributed by atoms with E-state index in [0.717, 1.165) is 6.42 Å². The average molecular weight is 292 g/mol. The summed E-state index contributed by atoms with van der Waals surface area (Å²) in [5, 5.41) is 0.664. The van der Waals surface area contributed by atoms with E-state index in [-0.39, 0.29) is 18.8 Å². The molecule has 1 aromatic carbocycles. The van der Waals surface area contributed by atoms with Crippen LogP contribution in [0, 0.1) is 0 Å². The van der Waals surface area contributed by atoms with Gasteiger partial charge in [0.05, 0.1) is 17.5 Å². The van der Waals surface area contributed by atoms with Crippen LogP contribution in [0.25, 0.3) is 10.9 Å². The molecule has 0 amide bonds. The minimum absolute atomic E-state index is 0.109. The molecule has 1 atom stereocenters. The number of fused-ring (bicyclic) bond motifs is 1. The van der Waals surface area contributed by atoms with Crippen molar-refractivity contribution in [1.82, 2.24) is 9.97 Å². The Morgan fingerprint density at radius 2 is 2.05 bits per heavy atom. The molecule has 0 saturated heterocycles. The van der Waals surface area contributed by atoms with E-state index in [1.807, 2.05) is 25.1 Å². The molecule has 7 heteroatoms. The van der Waals surface area contributed by atoms with Crippen molar-refractivity contribution >= 4 is 22.7 Å². The standard InChI is InChI=1S/C14H20N4O3/c1-3-9(7-20-8-19-2)21-11-6-4-5-10-12(11)13(15)18-14(16)17-10/h4-6,9H,3,7-8H2,1-2H3,(H4,15,16,17,18). The fraction of sp³-hybridized carbons (Fsp3) is 0.429. The van der Waals surface area contributed by atoms with Crippen LogP contribution in [-0.4, -0.2) is 36.6 Å². The zero-order chi connectivity index (χ0) is 15.2. The van der Waals surface area contributed by atoms with Gasteiger partial charge in [0.1, 0.15) is 24.5 Å². The molecular weight excluding hydrogens is 272 g/mol. The normalized spacial score (nSPS) is 12.5. The minimum atomic E-state index is -0.109. The first-order valence-electron chi connectivity index (χ1n) is 6.70. The molecule has 0 saturated carbocycles. The number of anilines is 2. The van der Waals surface area contributed by atoms with Crippen molar-refractivity contribution in [1.29, 1.82) is 0 Å². The van der Waals surface area contributed by atoms with Crippen LogP contribution < -0.4 is 16.2 Å². The van der Waals surface area contributed by atoms with Crippen LogP contribution in [0.4, 0.5) is 11.8 Å². The third-order valence-corrected chi connectivity index (χ3v) is 2.98. The van der Waals surface area contributed by atoms with Gasteiger partial charge in [-0.15, -0.1) is 0 Å². The summed E-state index contributed by atoms with van der Waals surface area (Å²) < 4.78 is 16.2. The summed E-state index contributed by atoms with van der Waals surface area (Å²) in [7, 11) is 1.58. The largest absolute Gasteiger partial charge is 0.487 e. The molecule has 1 unspecified atom stereocenters. The molecule has 2 aromatic rings. The average Bonchev–Trinajstić information content (AvgIpc) is 2.45. The molecule has 1 heterocycles. The summed E-state index contributed by atoms with van der Waals surface area (Å²) in [5.74, 6) is 1.08. The number of rotatable bonds is 7. The summed E-state index contributed by atoms with van der Waals surface area (Å²) >= 11 is 0. The lowest BCUT2D eigenvalue weighted by Gasteiger charge is -2.19. The van der Waals surface area contributed by atoms with Crippen molar-refractivity contribution in [2.75, 3.05) is 32.0 Å². The Bertz CT molecular complexity index is 606. The van der Waals surface area contributed by atoms with E-state index in [4.69, 9.17) is 25.7 Å². The maximum absolute atomic E-state index is 5.96. The second-order valence-electron chi connectivity index (χ2n) is 4.54. The van der Waals surface area contributed by atoms with Gasteiger partial charge in [-0.3, -0.25) is 0 Å². The summed E-state index contributed by atoms with van der Waals surface area (Å²) in [6.45, 7) is 2.68. The first kappa shape index (κ1) is 15.3. The van der Waals surface area contributed by atoms with Gasteiger partial charge in [-0.25, -0.2) is 4.98 Å². The lowest BCUT2D eigenvalue weighted by atomic mass is 10.2. The van der Waals surface area contributed by atoms with Gasteiger partial charge in [0.15, 0.2) is 0 Å². The summed E-state index contributed by atoms with van der Waals surface area (Å²) in [6.07, 6.45) is 0.679. The molecule has 0 aliphatic rings. The highest BCUT2D eigenvalue weighted by Crippen LogP contribution is 2.30. The fourth-order valence-electron chi connectivity index (χ4n) is 1.97. The van der Waals surface area contributed by atoms with Crippen LogP contribution in [0.15, 0.2) is 18.2 Å². The second-order valence-corrected chi connectivity index (χ2v) is 4.54. The molecule has 0 radical (unpaired) electrons. The summed E-state index contributed by atoms with van der Waals surface area (Å²) in [5.41, 5.74) is 12.2. The van der Waals surface area contributed by atoms with E-state index < -0.39 is 0 Å². The molecule has 21 heavy (non-hydrogen) atoms. The predicted octanol–water partition coefficient (Wildman–Crippen LogP) is 1.57. The number of nitrogens with two attached hydrogens (primary N) is 2. The molecule has 2 rings (SSSR count). The van der Waals surface area contributed by atoms with E-state index in [0.29, 0.717) is 29.1 Å². The van der Waals surface area contributed by atoms with E-state index in [9.17, 15) is 0 Å². The predicted molar refractivity (Wildman–Crippen MR) is 80.9 cm³/mol. The lowest BCUT2D eigenvalue weighted by molar-refractivity contribution is -0.0566. The van der Waals surface area contributed by atoms with Crippen LogP contribution in [-0.2, 0) is 9.47 Å². The van der Waals surface area contributed by atoms with Gasteiger partial charge in [0.2, 0.25) is 5.95 Å². The smallest absolute Gasteiger partial charge is 0.222 e. The molecule has 0 bridgehead atoms.